The van der Waals surface area contributed by atoms with E-state index in [0.717, 1.165) is 17.7 Å². The van der Waals surface area contributed by atoms with Crippen LogP contribution in [0.4, 0.5) is 5.95 Å². The molecule has 0 amide bonds. The number of rotatable bonds is 10. The van der Waals surface area contributed by atoms with Crippen molar-refractivity contribution in [3.63, 3.8) is 0 Å². The third-order valence-corrected chi connectivity index (χ3v) is 5.37. The maximum absolute atomic E-state index is 12.9. The quantitative estimate of drug-likeness (QED) is 0.424. The van der Waals surface area contributed by atoms with Crippen molar-refractivity contribution in [2.75, 3.05) is 30.9 Å². The van der Waals surface area contributed by atoms with Gasteiger partial charge in [-0.15, -0.1) is 5.10 Å². The van der Waals surface area contributed by atoms with E-state index in [1.165, 1.54) is 0 Å². The smallest absolute Gasteiger partial charge is 0.338 e. The van der Waals surface area contributed by atoms with Crippen LogP contribution in [0.5, 0.6) is 11.5 Å². The number of fused-ring (bicyclic) bond motifs is 1. The summed E-state index contributed by atoms with van der Waals surface area (Å²) in [7, 11) is 0. The first kappa shape index (κ1) is 23.0. The van der Waals surface area contributed by atoms with Crippen molar-refractivity contribution in [1.29, 1.82) is 0 Å². The predicted molar refractivity (Wildman–Crippen MR) is 121 cm³/mol. The fourth-order valence-corrected chi connectivity index (χ4v) is 3.95. The van der Waals surface area contributed by atoms with Gasteiger partial charge in [0.25, 0.3) is 0 Å². The average molecular weight is 447 g/mol. The lowest BCUT2D eigenvalue weighted by Crippen LogP contribution is -2.29. The van der Waals surface area contributed by atoms with Gasteiger partial charge in [0.15, 0.2) is 11.5 Å². The van der Waals surface area contributed by atoms with Crippen LogP contribution < -0.4 is 14.8 Å². The highest BCUT2D eigenvalue weighted by atomic mass is 32.2. The summed E-state index contributed by atoms with van der Waals surface area (Å²) in [4.78, 5) is 17.5. The molecule has 2 aromatic rings. The van der Waals surface area contributed by atoms with Crippen molar-refractivity contribution in [3.8, 4) is 11.5 Å². The molecule has 0 aliphatic carbocycles. The molecule has 168 valence electrons. The molecule has 1 aromatic carbocycles. The summed E-state index contributed by atoms with van der Waals surface area (Å²) in [6.07, 6.45) is 0.900. The van der Waals surface area contributed by atoms with Crippen molar-refractivity contribution < 1.29 is 19.0 Å². The van der Waals surface area contributed by atoms with E-state index in [2.05, 4.69) is 22.3 Å². The first-order valence-corrected chi connectivity index (χ1v) is 11.7. The molecule has 1 aliphatic heterocycles. The number of benzene rings is 1. The average Bonchev–Trinajstić information content (AvgIpc) is 3.14. The normalized spacial score (nSPS) is 15.3. The van der Waals surface area contributed by atoms with Gasteiger partial charge in [-0.25, -0.2) is 9.48 Å². The SMILES string of the molecule is CCCOc1ccc(C2C(C(=O)OCC)=C(C)Nc3nc(SCC)nn32)cc1OCC. The van der Waals surface area contributed by atoms with Gasteiger partial charge in [0, 0.05) is 5.70 Å². The van der Waals surface area contributed by atoms with Gasteiger partial charge in [0.1, 0.15) is 6.04 Å². The molecular weight excluding hydrogens is 416 g/mol. The number of thioether (sulfide) groups is 1. The number of aromatic nitrogens is 3. The van der Waals surface area contributed by atoms with Gasteiger partial charge in [-0.1, -0.05) is 31.7 Å². The highest BCUT2D eigenvalue weighted by Crippen LogP contribution is 2.39. The fourth-order valence-electron chi connectivity index (χ4n) is 3.40. The maximum Gasteiger partial charge on any atom is 0.338 e. The Labute approximate surface area is 187 Å². The number of carbonyl (C=O) groups is 1. The summed E-state index contributed by atoms with van der Waals surface area (Å²) in [5.74, 6) is 2.38. The topological polar surface area (TPSA) is 87.5 Å². The Morgan fingerprint density at radius 2 is 1.97 bits per heavy atom. The minimum atomic E-state index is -0.492. The van der Waals surface area contributed by atoms with Crippen molar-refractivity contribution in [2.24, 2.45) is 0 Å². The van der Waals surface area contributed by atoms with Gasteiger partial charge in [-0.2, -0.15) is 4.98 Å². The van der Waals surface area contributed by atoms with Crippen LogP contribution in [-0.2, 0) is 9.53 Å². The molecule has 0 radical (unpaired) electrons. The van der Waals surface area contributed by atoms with Crippen molar-refractivity contribution in [1.82, 2.24) is 14.8 Å². The Balaban J connectivity index is 2.12. The highest BCUT2D eigenvalue weighted by Gasteiger charge is 2.35. The predicted octanol–water partition coefficient (Wildman–Crippen LogP) is 4.43. The number of carbonyl (C=O) groups excluding carboxylic acids is 1. The number of allylic oxidation sites excluding steroid dienone is 1. The summed E-state index contributed by atoms with van der Waals surface area (Å²) >= 11 is 1.55. The van der Waals surface area contributed by atoms with E-state index in [1.54, 1.807) is 23.4 Å². The van der Waals surface area contributed by atoms with Crippen molar-refractivity contribution in [3.05, 3.63) is 35.0 Å². The van der Waals surface area contributed by atoms with Crippen LogP contribution in [0.25, 0.3) is 0 Å². The molecule has 31 heavy (non-hydrogen) atoms. The molecule has 0 spiro atoms. The first-order valence-electron chi connectivity index (χ1n) is 10.7. The second kappa shape index (κ2) is 10.6. The molecule has 1 aromatic heterocycles. The molecule has 0 bridgehead atoms. The molecule has 2 heterocycles. The molecule has 0 saturated carbocycles. The Kier molecular flexibility index (Phi) is 7.84. The van der Waals surface area contributed by atoms with Crippen molar-refractivity contribution >= 4 is 23.7 Å². The lowest BCUT2D eigenvalue weighted by Gasteiger charge is -2.28. The largest absolute Gasteiger partial charge is 0.490 e. The van der Waals surface area contributed by atoms with Gasteiger partial charge in [0.05, 0.1) is 25.4 Å². The van der Waals surface area contributed by atoms with E-state index in [0.29, 0.717) is 47.1 Å². The molecule has 1 N–H and O–H groups in total. The second-order valence-corrected chi connectivity index (χ2v) is 8.10. The number of anilines is 1. The monoisotopic (exact) mass is 446 g/mol. The molecule has 0 fully saturated rings. The van der Waals surface area contributed by atoms with Gasteiger partial charge in [0.2, 0.25) is 11.1 Å². The Bertz CT molecular complexity index is 957. The van der Waals surface area contributed by atoms with E-state index < -0.39 is 6.04 Å². The first-order chi connectivity index (χ1) is 15.0. The second-order valence-electron chi connectivity index (χ2n) is 6.87. The zero-order valence-corrected chi connectivity index (χ0v) is 19.5. The van der Waals surface area contributed by atoms with E-state index in [9.17, 15) is 4.79 Å². The molecular formula is C22H30N4O4S. The van der Waals surface area contributed by atoms with Crippen LogP contribution in [0, 0.1) is 0 Å². The Morgan fingerprint density at radius 1 is 1.16 bits per heavy atom. The maximum atomic E-state index is 12.9. The molecule has 1 atom stereocenters. The zero-order chi connectivity index (χ0) is 22.4. The standard InChI is InChI=1S/C22H30N4O4S/c1-6-12-30-16-11-10-15(13-17(16)28-7-2)19-18(20(27)29-8-3)14(5)23-21-24-22(31-9-4)25-26(19)21/h10-11,13,19H,6-9,12H2,1-5H3,(H,23,24,25). The van der Waals surface area contributed by atoms with Crippen LogP contribution in [0.1, 0.15) is 52.6 Å². The molecule has 3 rings (SSSR count). The number of nitrogens with zero attached hydrogens (tertiary/aromatic N) is 3. The van der Waals surface area contributed by atoms with E-state index in [4.69, 9.17) is 14.2 Å². The third-order valence-electron chi connectivity index (χ3n) is 4.65. The summed E-state index contributed by atoms with van der Waals surface area (Å²) in [5, 5.41) is 8.52. The van der Waals surface area contributed by atoms with Gasteiger partial charge in [-0.3, -0.25) is 0 Å². The Hall–Kier alpha value is -2.68. The van der Waals surface area contributed by atoms with E-state index in [-0.39, 0.29) is 12.6 Å². The summed E-state index contributed by atoms with van der Waals surface area (Å²) in [6.45, 7) is 11.1. The van der Waals surface area contributed by atoms with E-state index in [1.807, 2.05) is 39.0 Å². The van der Waals surface area contributed by atoms with Gasteiger partial charge < -0.3 is 19.5 Å². The van der Waals surface area contributed by atoms with Crippen LogP contribution >= 0.6 is 11.8 Å². The zero-order valence-electron chi connectivity index (χ0n) is 18.7. The summed E-state index contributed by atoms with van der Waals surface area (Å²) < 4.78 is 18.8. The summed E-state index contributed by atoms with van der Waals surface area (Å²) in [5.41, 5.74) is 2.04. The van der Waals surface area contributed by atoms with Crippen molar-refractivity contribution in [2.45, 2.75) is 52.2 Å². The van der Waals surface area contributed by atoms with Crippen LogP contribution in [0.2, 0.25) is 0 Å². The van der Waals surface area contributed by atoms with Crippen LogP contribution in [-0.4, -0.2) is 46.3 Å². The third kappa shape index (κ3) is 4.98. The molecule has 1 unspecified atom stereocenters. The minimum absolute atomic E-state index is 0.289. The molecule has 9 heteroatoms. The molecule has 8 nitrogen and oxygen atoms in total. The highest BCUT2D eigenvalue weighted by molar-refractivity contribution is 7.99. The fraction of sp³-hybridized carbons (Fsp3) is 0.500. The van der Waals surface area contributed by atoms with E-state index >= 15 is 0 Å². The summed E-state index contributed by atoms with van der Waals surface area (Å²) in [6, 6.07) is 5.24. The number of nitrogens with one attached hydrogen (secondary N) is 1. The molecule has 1 aliphatic rings. The molecule has 0 saturated heterocycles. The van der Waals surface area contributed by atoms with Gasteiger partial charge >= 0.3 is 5.97 Å². The number of esters is 1. The number of hydrogen-bond acceptors (Lipinski definition) is 8. The minimum Gasteiger partial charge on any atom is -0.490 e. The lowest BCUT2D eigenvalue weighted by atomic mass is 9.95. The number of hydrogen-bond donors (Lipinski definition) is 1. The van der Waals surface area contributed by atoms with Crippen LogP contribution in [0.15, 0.2) is 34.6 Å². The number of ether oxygens (including phenoxy) is 3. The Morgan fingerprint density at radius 3 is 2.65 bits per heavy atom. The van der Waals surface area contributed by atoms with Crippen LogP contribution in [0.3, 0.4) is 0 Å². The van der Waals surface area contributed by atoms with Gasteiger partial charge in [-0.05, 0) is 50.6 Å². The lowest BCUT2D eigenvalue weighted by molar-refractivity contribution is -0.139.